The Bertz CT molecular complexity index is 319. The monoisotopic (exact) mass is 215 g/mol. The second-order valence-corrected chi connectivity index (χ2v) is 4.80. The first kappa shape index (κ1) is 11.8. The quantitative estimate of drug-likeness (QED) is 0.508. The number of hydrogen-bond acceptors (Lipinski definition) is 3. The van der Waals surface area contributed by atoms with Crippen molar-refractivity contribution in [1.82, 2.24) is 4.90 Å². The summed E-state index contributed by atoms with van der Waals surface area (Å²) in [5.41, 5.74) is -0.346. The Morgan fingerprint density at radius 2 is 2.00 bits per heavy atom. The van der Waals surface area contributed by atoms with Gasteiger partial charge in [-0.1, -0.05) is 20.8 Å². The van der Waals surface area contributed by atoms with E-state index in [1.54, 1.807) is 0 Å². The van der Waals surface area contributed by atoms with Gasteiger partial charge in [-0.25, -0.2) is 0 Å². The second kappa shape index (κ2) is 3.72. The number of nitrogens with zero attached hydrogens (tertiary/aromatic N) is 1. The minimum Gasteiger partial charge on any atom is -0.274 e. The molecule has 1 unspecified atom stereocenters. The molecular weight excluding hydrogens is 201 g/mol. The minimum absolute atomic E-state index is 0.0651. The van der Waals surface area contributed by atoms with E-state index < -0.39 is 30.3 Å². The molecule has 0 N–H and O–H groups in total. The number of likely N-dealkylation sites (tertiary alicyclic amines) is 1. The molecule has 1 fully saturated rings. The Hall–Kier alpha value is -1.26. The van der Waals surface area contributed by atoms with E-state index in [0.717, 1.165) is 0 Å². The van der Waals surface area contributed by atoms with Gasteiger partial charge in [-0.2, -0.15) is 4.39 Å². The average molecular weight is 215 g/mol. The zero-order valence-electron chi connectivity index (χ0n) is 9.04. The normalized spacial score (nSPS) is 22.4. The van der Waals surface area contributed by atoms with E-state index in [0.29, 0.717) is 4.90 Å². The highest BCUT2D eigenvalue weighted by Gasteiger charge is 2.45. The fraction of sp³-hybridized carbons (Fsp3) is 0.700. The van der Waals surface area contributed by atoms with Gasteiger partial charge in [-0.15, -0.1) is 0 Å². The van der Waals surface area contributed by atoms with Crippen molar-refractivity contribution in [2.45, 2.75) is 27.2 Å². The van der Waals surface area contributed by atoms with E-state index in [1.165, 1.54) is 0 Å². The maximum atomic E-state index is 12.1. The van der Waals surface area contributed by atoms with Crippen molar-refractivity contribution in [2.75, 3.05) is 6.54 Å². The van der Waals surface area contributed by atoms with E-state index in [9.17, 15) is 18.8 Å². The number of imide groups is 1. The smallest absolute Gasteiger partial charge is 0.274 e. The summed E-state index contributed by atoms with van der Waals surface area (Å²) < 4.78 is 12.1. The van der Waals surface area contributed by atoms with Crippen LogP contribution in [0.25, 0.3) is 0 Å². The Morgan fingerprint density at radius 3 is 2.33 bits per heavy atom. The molecule has 0 spiro atoms. The van der Waals surface area contributed by atoms with Gasteiger partial charge in [0.05, 0.1) is 5.92 Å². The summed E-state index contributed by atoms with van der Waals surface area (Å²) in [5, 5.41) is 0. The van der Waals surface area contributed by atoms with Crippen molar-refractivity contribution in [1.29, 1.82) is 0 Å². The molecule has 1 heterocycles. The zero-order valence-corrected chi connectivity index (χ0v) is 9.04. The molecule has 0 aromatic carbocycles. The maximum absolute atomic E-state index is 12.1. The molecule has 0 bridgehead atoms. The summed E-state index contributed by atoms with van der Waals surface area (Å²) in [6, 6.07) is -1.66. The van der Waals surface area contributed by atoms with E-state index in [4.69, 9.17) is 0 Å². The van der Waals surface area contributed by atoms with Gasteiger partial charge < -0.3 is 0 Å². The molecule has 0 aliphatic carbocycles. The van der Waals surface area contributed by atoms with Crippen molar-refractivity contribution in [3.63, 3.8) is 0 Å². The van der Waals surface area contributed by atoms with Gasteiger partial charge in [-0.05, 0) is 5.41 Å². The lowest BCUT2D eigenvalue weighted by Crippen LogP contribution is -2.36. The Labute approximate surface area is 87.4 Å². The molecule has 0 saturated carbocycles. The summed E-state index contributed by atoms with van der Waals surface area (Å²) in [4.78, 5) is 34.0. The first-order valence-corrected chi connectivity index (χ1v) is 4.76. The Morgan fingerprint density at radius 1 is 1.47 bits per heavy atom. The van der Waals surface area contributed by atoms with Crippen LogP contribution in [0.2, 0.25) is 0 Å². The SMILES string of the molecule is CC(C)(C)C1CC(=O)N(CC(=O)F)C1=O. The highest BCUT2D eigenvalue weighted by atomic mass is 19.1. The highest BCUT2D eigenvalue weighted by molar-refractivity contribution is 6.05. The van der Waals surface area contributed by atoms with Crippen LogP contribution in [0.3, 0.4) is 0 Å². The van der Waals surface area contributed by atoms with E-state index in [2.05, 4.69) is 0 Å². The van der Waals surface area contributed by atoms with Crippen LogP contribution in [0.4, 0.5) is 4.39 Å². The van der Waals surface area contributed by atoms with E-state index in [-0.39, 0.29) is 11.8 Å². The van der Waals surface area contributed by atoms with Crippen molar-refractivity contribution in [2.24, 2.45) is 11.3 Å². The number of carbonyl (C=O) groups is 3. The highest BCUT2D eigenvalue weighted by Crippen LogP contribution is 2.35. The van der Waals surface area contributed by atoms with Gasteiger partial charge in [0.2, 0.25) is 11.8 Å². The summed E-state index contributed by atoms with van der Waals surface area (Å²) >= 11 is 0. The average Bonchev–Trinajstić information content (AvgIpc) is 2.30. The van der Waals surface area contributed by atoms with Crippen LogP contribution in [0.1, 0.15) is 27.2 Å². The molecule has 1 aliphatic rings. The molecular formula is C10H14FNO3. The third kappa shape index (κ3) is 2.40. The van der Waals surface area contributed by atoms with Gasteiger partial charge >= 0.3 is 6.04 Å². The lowest BCUT2D eigenvalue weighted by Gasteiger charge is -2.24. The summed E-state index contributed by atoms with van der Waals surface area (Å²) in [6.07, 6.45) is 0.0651. The maximum Gasteiger partial charge on any atom is 0.321 e. The standard InChI is InChI=1S/C10H14FNO3/c1-10(2,3)6-4-8(14)12(9(6)15)5-7(11)13/h6H,4-5H2,1-3H3. The predicted octanol–water partition coefficient (Wildman–Crippen LogP) is 0.904. The van der Waals surface area contributed by atoms with Crippen molar-refractivity contribution in [3.05, 3.63) is 0 Å². The molecule has 1 atom stereocenters. The van der Waals surface area contributed by atoms with E-state index >= 15 is 0 Å². The molecule has 4 nitrogen and oxygen atoms in total. The summed E-state index contributed by atoms with van der Waals surface area (Å²) in [5.74, 6) is -1.37. The molecule has 2 amide bonds. The summed E-state index contributed by atoms with van der Waals surface area (Å²) in [6.45, 7) is 4.76. The van der Waals surface area contributed by atoms with Crippen LogP contribution in [0, 0.1) is 11.3 Å². The van der Waals surface area contributed by atoms with Crippen LogP contribution in [0.15, 0.2) is 0 Å². The Balaban J connectivity index is 2.84. The van der Waals surface area contributed by atoms with Crippen LogP contribution >= 0.6 is 0 Å². The second-order valence-electron chi connectivity index (χ2n) is 4.80. The predicted molar refractivity (Wildman–Crippen MR) is 50.4 cm³/mol. The fourth-order valence-electron chi connectivity index (χ4n) is 1.65. The van der Waals surface area contributed by atoms with Crippen molar-refractivity contribution < 1.29 is 18.8 Å². The number of carbonyl (C=O) groups excluding carboxylic acids is 3. The number of halogens is 1. The van der Waals surface area contributed by atoms with Crippen LogP contribution in [-0.2, 0) is 14.4 Å². The molecule has 1 saturated heterocycles. The number of amides is 2. The van der Waals surface area contributed by atoms with Gasteiger partial charge in [0.15, 0.2) is 0 Å². The minimum atomic E-state index is -1.66. The lowest BCUT2D eigenvalue weighted by atomic mass is 9.80. The third-order valence-corrected chi connectivity index (χ3v) is 2.57. The van der Waals surface area contributed by atoms with Gasteiger partial charge in [0.1, 0.15) is 6.54 Å². The Kier molecular flexibility index (Phi) is 2.93. The van der Waals surface area contributed by atoms with Gasteiger partial charge in [0.25, 0.3) is 0 Å². The molecule has 1 rings (SSSR count). The topological polar surface area (TPSA) is 54.5 Å². The molecule has 1 aliphatic heterocycles. The lowest BCUT2D eigenvalue weighted by molar-refractivity contribution is -0.146. The van der Waals surface area contributed by atoms with Crippen LogP contribution < -0.4 is 0 Å². The summed E-state index contributed by atoms with van der Waals surface area (Å²) in [7, 11) is 0. The van der Waals surface area contributed by atoms with Crippen molar-refractivity contribution >= 4 is 17.9 Å². The number of hydrogen-bond donors (Lipinski definition) is 0. The van der Waals surface area contributed by atoms with E-state index in [1.807, 2.05) is 20.8 Å². The zero-order chi connectivity index (χ0) is 11.8. The first-order valence-electron chi connectivity index (χ1n) is 4.76. The molecule has 0 radical (unpaired) electrons. The molecule has 84 valence electrons. The molecule has 5 heteroatoms. The van der Waals surface area contributed by atoms with Crippen molar-refractivity contribution in [3.8, 4) is 0 Å². The molecule has 15 heavy (non-hydrogen) atoms. The van der Waals surface area contributed by atoms with Crippen LogP contribution in [-0.4, -0.2) is 29.3 Å². The molecule has 0 aromatic rings. The number of rotatable bonds is 2. The van der Waals surface area contributed by atoms with Crippen LogP contribution in [0.5, 0.6) is 0 Å². The largest absolute Gasteiger partial charge is 0.321 e. The fourth-order valence-corrected chi connectivity index (χ4v) is 1.65. The van der Waals surface area contributed by atoms with Gasteiger partial charge in [0, 0.05) is 6.42 Å². The third-order valence-electron chi connectivity index (χ3n) is 2.57. The first-order chi connectivity index (χ1) is 6.73. The molecule has 0 aromatic heterocycles. The van der Waals surface area contributed by atoms with Gasteiger partial charge in [-0.3, -0.25) is 19.3 Å².